The molecule has 1 aromatic heterocycles. The lowest BCUT2D eigenvalue weighted by Gasteiger charge is -2.17. The molecule has 1 fully saturated rings. The third-order valence-corrected chi connectivity index (χ3v) is 4.59. The Bertz CT molecular complexity index is 696. The van der Waals surface area contributed by atoms with Crippen molar-refractivity contribution in [2.75, 3.05) is 6.61 Å². The van der Waals surface area contributed by atoms with Crippen molar-refractivity contribution in [2.24, 2.45) is 5.92 Å². The van der Waals surface area contributed by atoms with Crippen LogP contribution in [0.4, 0.5) is 4.39 Å². The van der Waals surface area contributed by atoms with Crippen LogP contribution >= 0.6 is 23.8 Å². The smallest absolute Gasteiger partial charge is 0.178 e. The standard InChI is InChI=1S/C14H16ClFN2OS/c1-2-13-8(3-4-19-13)7-18-12-6-10(16)9(15)5-11(12)17-14(18)20/h5-6,8,13H,2-4,7H2,1H3,(H,17,20). The van der Waals surface area contributed by atoms with Crippen molar-refractivity contribution in [2.45, 2.75) is 32.4 Å². The van der Waals surface area contributed by atoms with Crippen LogP contribution in [0.15, 0.2) is 12.1 Å². The predicted octanol–water partition coefficient (Wildman–Crippen LogP) is 4.31. The maximum absolute atomic E-state index is 13.7. The lowest BCUT2D eigenvalue weighted by Crippen LogP contribution is -2.20. The van der Waals surface area contributed by atoms with Crippen LogP contribution in [0.3, 0.4) is 0 Å². The normalized spacial score (nSPS) is 22.8. The van der Waals surface area contributed by atoms with Gasteiger partial charge >= 0.3 is 0 Å². The van der Waals surface area contributed by atoms with E-state index < -0.39 is 5.82 Å². The van der Waals surface area contributed by atoms with E-state index in [4.69, 9.17) is 28.6 Å². The quantitative estimate of drug-likeness (QED) is 0.856. The number of aromatic nitrogens is 2. The minimum absolute atomic E-state index is 0.108. The zero-order valence-corrected chi connectivity index (χ0v) is 12.7. The minimum atomic E-state index is -0.420. The summed E-state index contributed by atoms with van der Waals surface area (Å²) < 4.78 is 21.9. The molecule has 0 aliphatic carbocycles. The van der Waals surface area contributed by atoms with Gasteiger partial charge in [-0.3, -0.25) is 0 Å². The summed E-state index contributed by atoms with van der Waals surface area (Å²) in [5.74, 6) is 0.000990. The molecule has 2 heterocycles. The highest BCUT2D eigenvalue weighted by Gasteiger charge is 2.27. The van der Waals surface area contributed by atoms with Gasteiger partial charge in [-0.15, -0.1) is 0 Å². The molecule has 0 bridgehead atoms. The Hall–Kier alpha value is -0.910. The van der Waals surface area contributed by atoms with Crippen molar-refractivity contribution in [1.29, 1.82) is 0 Å². The topological polar surface area (TPSA) is 29.9 Å². The van der Waals surface area contributed by atoms with Crippen molar-refractivity contribution in [3.05, 3.63) is 27.7 Å². The van der Waals surface area contributed by atoms with Gasteiger partial charge in [-0.2, -0.15) is 0 Å². The van der Waals surface area contributed by atoms with E-state index in [9.17, 15) is 4.39 Å². The van der Waals surface area contributed by atoms with Gasteiger partial charge < -0.3 is 14.3 Å². The van der Waals surface area contributed by atoms with Crippen LogP contribution in [0.25, 0.3) is 11.0 Å². The molecule has 108 valence electrons. The van der Waals surface area contributed by atoms with Gasteiger partial charge in [0.1, 0.15) is 5.82 Å². The first-order valence-electron chi connectivity index (χ1n) is 6.79. The molecule has 3 rings (SSSR count). The number of ether oxygens (including phenoxy) is 1. The average Bonchev–Trinajstić information content (AvgIpc) is 2.97. The number of H-pyrrole nitrogens is 1. The van der Waals surface area contributed by atoms with Crippen molar-refractivity contribution >= 4 is 34.9 Å². The molecule has 2 unspecified atom stereocenters. The largest absolute Gasteiger partial charge is 0.378 e. The van der Waals surface area contributed by atoms with Crippen LogP contribution in [0.5, 0.6) is 0 Å². The van der Waals surface area contributed by atoms with Gasteiger partial charge in [0.25, 0.3) is 0 Å². The number of aromatic amines is 1. The maximum atomic E-state index is 13.7. The molecular formula is C14H16ClFN2OS. The summed E-state index contributed by atoms with van der Waals surface area (Å²) in [6.45, 7) is 3.66. The van der Waals surface area contributed by atoms with E-state index in [-0.39, 0.29) is 11.1 Å². The third kappa shape index (κ3) is 2.38. The number of fused-ring (bicyclic) bond motifs is 1. The molecule has 20 heavy (non-hydrogen) atoms. The zero-order chi connectivity index (χ0) is 14.3. The number of nitrogens with zero attached hydrogens (tertiary/aromatic N) is 1. The van der Waals surface area contributed by atoms with E-state index in [2.05, 4.69) is 11.9 Å². The number of halogens is 2. The Morgan fingerprint density at radius 3 is 3.10 bits per heavy atom. The van der Waals surface area contributed by atoms with Gasteiger partial charge in [0.15, 0.2) is 4.77 Å². The van der Waals surface area contributed by atoms with Crippen molar-refractivity contribution in [3.8, 4) is 0 Å². The Morgan fingerprint density at radius 2 is 2.35 bits per heavy atom. The first-order valence-corrected chi connectivity index (χ1v) is 7.58. The SMILES string of the molecule is CCC1OCCC1Cn1c(=S)[nH]c2cc(Cl)c(F)cc21. The Kier molecular flexibility index (Phi) is 3.84. The van der Waals surface area contributed by atoms with Gasteiger partial charge in [-0.1, -0.05) is 18.5 Å². The molecule has 0 amide bonds. The minimum Gasteiger partial charge on any atom is -0.378 e. The summed E-state index contributed by atoms with van der Waals surface area (Å²) in [4.78, 5) is 3.09. The van der Waals surface area contributed by atoms with Gasteiger partial charge in [0, 0.05) is 25.1 Å². The molecule has 1 aliphatic heterocycles. The Morgan fingerprint density at radius 1 is 1.55 bits per heavy atom. The second kappa shape index (κ2) is 5.47. The molecule has 0 spiro atoms. The summed E-state index contributed by atoms with van der Waals surface area (Å²) >= 11 is 11.2. The molecule has 1 aromatic carbocycles. The van der Waals surface area contributed by atoms with Crippen LogP contribution in [0, 0.1) is 16.5 Å². The van der Waals surface area contributed by atoms with E-state index in [1.807, 2.05) is 4.57 Å². The highest BCUT2D eigenvalue weighted by molar-refractivity contribution is 7.71. The average molecular weight is 315 g/mol. The fraction of sp³-hybridized carbons (Fsp3) is 0.500. The highest BCUT2D eigenvalue weighted by atomic mass is 35.5. The van der Waals surface area contributed by atoms with Crippen LogP contribution in [-0.4, -0.2) is 22.3 Å². The summed E-state index contributed by atoms with van der Waals surface area (Å²) in [7, 11) is 0. The van der Waals surface area contributed by atoms with Crippen LogP contribution < -0.4 is 0 Å². The van der Waals surface area contributed by atoms with E-state index in [0.717, 1.165) is 37.0 Å². The monoisotopic (exact) mass is 314 g/mol. The number of hydrogen-bond donors (Lipinski definition) is 1. The molecule has 1 saturated heterocycles. The maximum Gasteiger partial charge on any atom is 0.178 e. The molecule has 0 radical (unpaired) electrons. The summed E-state index contributed by atoms with van der Waals surface area (Å²) in [5, 5.41) is 0.108. The first-order chi connectivity index (χ1) is 9.60. The fourth-order valence-corrected chi connectivity index (χ4v) is 3.37. The van der Waals surface area contributed by atoms with E-state index >= 15 is 0 Å². The lowest BCUT2D eigenvalue weighted by atomic mass is 9.99. The molecule has 2 atom stereocenters. The highest BCUT2D eigenvalue weighted by Crippen LogP contribution is 2.28. The van der Waals surface area contributed by atoms with Crippen LogP contribution in [-0.2, 0) is 11.3 Å². The van der Waals surface area contributed by atoms with Gasteiger partial charge in [0.2, 0.25) is 0 Å². The number of rotatable bonds is 3. The molecule has 0 saturated carbocycles. The fourth-order valence-electron chi connectivity index (χ4n) is 2.92. The first kappa shape index (κ1) is 14.0. The number of benzene rings is 1. The number of nitrogens with one attached hydrogen (secondary N) is 1. The van der Waals surface area contributed by atoms with E-state index in [1.165, 1.54) is 6.07 Å². The van der Waals surface area contributed by atoms with Crippen molar-refractivity contribution < 1.29 is 9.13 Å². The van der Waals surface area contributed by atoms with Gasteiger partial charge in [0.05, 0.1) is 22.2 Å². The van der Waals surface area contributed by atoms with E-state index in [1.54, 1.807) is 6.07 Å². The Labute approximate surface area is 126 Å². The lowest BCUT2D eigenvalue weighted by molar-refractivity contribution is 0.0837. The third-order valence-electron chi connectivity index (χ3n) is 3.98. The summed E-state index contributed by atoms with van der Waals surface area (Å²) in [5.41, 5.74) is 1.53. The second-order valence-electron chi connectivity index (χ2n) is 5.19. The van der Waals surface area contributed by atoms with Crippen molar-refractivity contribution in [3.63, 3.8) is 0 Å². The molecule has 1 aliphatic rings. The number of hydrogen-bond acceptors (Lipinski definition) is 2. The van der Waals surface area contributed by atoms with E-state index in [0.29, 0.717) is 10.7 Å². The molecular weight excluding hydrogens is 299 g/mol. The Balaban J connectivity index is 2.01. The molecule has 2 aromatic rings. The second-order valence-corrected chi connectivity index (χ2v) is 5.98. The molecule has 3 nitrogen and oxygen atoms in total. The number of imidazole rings is 1. The van der Waals surface area contributed by atoms with Crippen LogP contribution in [0.1, 0.15) is 19.8 Å². The van der Waals surface area contributed by atoms with Gasteiger partial charge in [-0.25, -0.2) is 4.39 Å². The molecule has 6 heteroatoms. The summed E-state index contributed by atoms with van der Waals surface area (Å²) in [6, 6.07) is 3.03. The zero-order valence-electron chi connectivity index (χ0n) is 11.2. The van der Waals surface area contributed by atoms with Crippen molar-refractivity contribution in [1.82, 2.24) is 9.55 Å². The predicted molar refractivity (Wildman–Crippen MR) is 80.2 cm³/mol. The van der Waals surface area contributed by atoms with Gasteiger partial charge in [-0.05, 0) is 31.1 Å². The molecule has 1 N–H and O–H groups in total. The van der Waals surface area contributed by atoms with Crippen LogP contribution in [0.2, 0.25) is 5.02 Å². The summed E-state index contributed by atoms with van der Waals surface area (Å²) in [6.07, 6.45) is 2.27.